The van der Waals surface area contributed by atoms with Gasteiger partial charge in [0.2, 0.25) is 0 Å². The predicted molar refractivity (Wildman–Crippen MR) is 61.5 cm³/mol. The summed E-state index contributed by atoms with van der Waals surface area (Å²) in [5, 5.41) is 3.36. The molecule has 1 aliphatic rings. The Bertz CT molecular complexity index is 371. The van der Waals surface area contributed by atoms with Crippen molar-refractivity contribution in [3.05, 3.63) is 41.7 Å². The minimum Gasteiger partial charge on any atom is -0.379 e. The van der Waals surface area contributed by atoms with Crippen molar-refractivity contribution in [2.45, 2.75) is 32.2 Å². The van der Waals surface area contributed by atoms with Crippen LogP contribution in [0.1, 0.15) is 24.8 Å². The van der Waals surface area contributed by atoms with Crippen molar-refractivity contribution >= 4 is 5.69 Å². The van der Waals surface area contributed by atoms with Crippen molar-refractivity contribution in [2.24, 2.45) is 0 Å². The Morgan fingerprint density at radius 2 is 2.27 bits per heavy atom. The van der Waals surface area contributed by atoms with Gasteiger partial charge >= 0.3 is 0 Å². The van der Waals surface area contributed by atoms with Crippen LogP contribution in [0.15, 0.2) is 30.4 Å². The van der Waals surface area contributed by atoms with Crippen LogP contribution in [0.2, 0.25) is 0 Å². The molecule has 0 saturated heterocycles. The van der Waals surface area contributed by atoms with Crippen LogP contribution < -0.4 is 5.32 Å². The van der Waals surface area contributed by atoms with E-state index in [1.165, 1.54) is 18.9 Å². The zero-order valence-corrected chi connectivity index (χ0v) is 8.96. The lowest BCUT2D eigenvalue weighted by atomic mass is 10.0. The van der Waals surface area contributed by atoms with Gasteiger partial charge in [0.15, 0.2) is 0 Å². The number of allylic oxidation sites excluding steroid dienone is 1. The second kappa shape index (κ2) is 4.47. The van der Waals surface area contributed by atoms with Crippen LogP contribution in [0.4, 0.5) is 10.1 Å². The van der Waals surface area contributed by atoms with E-state index in [1.807, 2.05) is 13.0 Å². The van der Waals surface area contributed by atoms with Crippen LogP contribution in [-0.2, 0) is 0 Å². The van der Waals surface area contributed by atoms with E-state index in [-0.39, 0.29) is 5.82 Å². The van der Waals surface area contributed by atoms with Gasteiger partial charge < -0.3 is 5.32 Å². The predicted octanol–water partition coefficient (Wildman–Crippen LogP) is 3.65. The maximum atomic E-state index is 13.3. The van der Waals surface area contributed by atoms with E-state index in [0.29, 0.717) is 11.6 Å². The Kier molecular flexibility index (Phi) is 3.05. The second-order valence-corrected chi connectivity index (χ2v) is 4.02. The highest BCUT2D eigenvalue weighted by atomic mass is 19.1. The fourth-order valence-corrected chi connectivity index (χ4v) is 1.90. The van der Waals surface area contributed by atoms with E-state index < -0.39 is 0 Å². The van der Waals surface area contributed by atoms with E-state index >= 15 is 0 Å². The lowest BCUT2D eigenvalue weighted by Gasteiger charge is -2.20. The van der Waals surface area contributed by atoms with E-state index in [9.17, 15) is 4.39 Å². The minimum absolute atomic E-state index is 0.139. The normalized spacial score (nSPS) is 20.3. The average Bonchev–Trinajstić information content (AvgIpc) is 2.26. The molecule has 0 radical (unpaired) electrons. The standard InChI is InChI=1S/C13H16FN/c1-10-12(14)8-5-9-13(10)15-11-6-3-2-4-7-11/h3,5-6,8-9,11,15H,2,4,7H2,1H3. The van der Waals surface area contributed by atoms with Gasteiger partial charge in [-0.05, 0) is 38.3 Å². The lowest BCUT2D eigenvalue weighted by Crippen LogP contribution is -2.19. The summed E-state index contributed by atoms with van der Waals surface area (Å²) in [7, 11) is 0. The van der Waals surface area contributed by atoms with Crippen molar-refractivity contribution in [1.29, 1.82) is 0 Å². The Morgan fingerprint density at radius 3 is 3.00 bits per heavy atom. The molecule has 1 aliphatic carbocycles. The molecule has 1 unspecified atom stereocenters. The molecular formula is C13H16FN. The maximum Gasteiger partial charge on any atom is 0.128 e. The van der Waals surface area contributed by atoms with Gasteiger partial charge in [-0.1, -0.05) is 18.2 Å². The van der Waals surface area contributed by atoms with Crippen molar-refractivity contribution in [2.75, 3.05) is 5.32 Å². The van der Waals surface area contributed by atoms with Crippen molar-refractivity contribution in [3.8, 4) is 0 Å². The van der Waals surface area contributed by atoms with Gasteiger partial charge in [-0.3, -0.25) is 0 Å². The summed E-state index contributed by atoms with van der Waals surface area (Å²) in [4.78, 5) is 0. The van der Waals surface area contributed by atoms with E-state index in [1.54, 1.807) is 6.07 Å². The Labute approximate surface area is 90.0 Å². The molecule has 1 nitrogen and oxygen atoms in total. The molecule has 0 bridgehead atoms. The highest BCUT2D eigenvalue weighted by molar-refractivity contribution is 5.52. The summed E-state index contributed by atoms with van der Waals surface area (Å²) in [5.74, 6) is -0.139. The zero-order chi connectivity index (χ0) is 10.7. The average molecular weight is 205 g/mol. The first-order valence-electron chi connectivity index (χ1n) is 5.45. The molecule has 0 saturated carbocycles. The van der Waals surface area contributed by atoms with Crippen LogP contribution in [0.3, 0.4) is 0 Å². The molecule has 0 aliphatic heterocycles. The Hall–Kier alpha value is -1.31. The molecule has 1 N–H and O–H groups in total. The molecule has 1 aromatic rings. The fourth-order valence-electron chi connectivity index (χ4n) is 1.90. The quantitative estimate of drug-likeness (QED) is 0.726. The van der Waals surface area contributed by atoms with Crippen LogP contribution >= 0.6 is 0 Å². The van der Waals surface area contributed by atoms with Gasteiger partial charge in [0.25, 0.3) is 0 Å². The zero-order valence-electron chi connectivity index (χ0n) is 8.96. The third-order valence-electron chi connectivity index (χ3n) is 2.86. The fraction of sp³-hybridized carbons (Fsp3) is 0.385. The summed E-state index contributed by atoms with van der Waals surface area (Å²) < 4.78 is 13.3. The first kappa shape index (κ1) is 10.2. The van der Waals surface area contributed by atoms with Gasteiger partial charge in [0.1, 0.15) is 5.82 Å². The molecule has 0 fully saturated rings. The SMILES string of the molecule is Cc1c(F)cccc1NC1C=CCCC1. The Morgan fingerprint density at radius 1 is 1.40 bits per heavy atom. The number of hydrogen-bond donors (Lipinski definition) is 1. The summed E-state index contributed by atoms with van der Waals surface area (Å²) >= 11 is 0. The summed E-state index contributed by atoms with van der Waals surface area (Å²) in [6.07, 6.45) is 7.87. The van der Waals surface area contributed by atoms with Gasteiger partial charge in [0.05, 0.1) is 0 Å². The van der Waals surface area contributed by atoms with Crippen LogP contribution in [0.25, 0.3) is 0 Å². The molecule has 2 heteroatoms. The summed E-state index contributed by atoms with van der Waals surface area (Å²) in [6.45, 7) is 1.81. The van der Waals surface area contributed by atoms with Gasteiger partial charge in [0, 0.05) is 17.3 Å². The smallest absolute Gasteiger partial charge is 0.128 e. The summed E-state index contributed by atoms with van der Waals surface area (Å²) in [5.41, 5.74) is 1.61. The van der Waals surface area contributed by atoms with Crippen LogP contribution in [0, 0.1) is 12.7 Å². The number of hydrogen-bond acceptors (Lipinski definition) is 1. The second-order valence-electron chi connectivity index (χ2n) is 4.02. The number of anilines is 1. The van der Waals surface area contributed by atoms with Crippen molar-refractivity contribution in [1.82, 2.24) is 0 Å². The maximum absolute atomic E-state index is 13.3. The van der Waals surface area contributed by atoms with Crippen LogP contribution in [-0.4, -0.2) is 6.04 Å². The highest BCUT2D eigenvalue weighted by Gasteiger charge is 2.10. The van der Waals surface area contributed by atoms with E-state index in [0.717, 1.165) is 12.1 Å². The largest absolute Gasteiger partial charge is 0.379 e. The van der Waals surface area contributed by atoms with Crippen molar-refractivity contribution in [3.63, 3.8) is 0 Å². The number of nitrogens with one attached hydrogen (secondary N) is 1. The first-order valence-corrected chi connectivity index (χ1v) is 5.45. The molecule has 0 amide bonds. The molecule has 0 heterocycles. The highest BCUT2D eigenvalue weighted by Crippen LogP contribution is 2.21. The number of rotatable bonds is 2. The molecule has 2 rings (SSSR count). The third kappa shape index (κ3) is 2.38. The minimum atomic E-state index is -0.139. The van der Waals surface area contributed by atoms with Gasteiger partial charge in [-0.15, -0.1) is 0 Å². The van der Waals surface area contributed by atoms with Crippen molar-refractivity contribution < 1.29 is 4.39 Å². The molecule has 80 valence electrons. The molecular weight excluding hydrogens is 189 g/mol. The topological polar surface area (TPSA) is 12.0 Å². The number of halogens is 1. The lowest BCUT2D eigenvalue weighted by molar-refractivity contribution is 0.617. The molecule has 15 heavy (non-hydrogen) atoms. The molecule has 0 aromatic heterocycles. The van der Waals surface area contributed by atoms with Gasteiger partial charge in [-0.25, -0.2) is 4.39 Å². The van der Waals surface area contributed by atoms with E-state index in [2.05, 4.69) is 17.5 Å². The first-order chi connectivity index (χ1) is 7.27. The van der Waals surface area contributed by atoms with E-state index in [4.69, 9.17) is 0 Å². The molecule has 1 atom stereocenters. The van der Waals surface area contributed by atoms with Gasteiger partial charge in [-0.2, -0.15) is 0 Å². The Balaban J connectivity index is 2.13. The third-order valence-corrected chi connectivity index (χ3v) is 2.86. The number of benzene rings is 1. The molecule has 1 aromatic carbocycles. The monoisotopic (exact) mass is 205 g/mol. The summed E-state index contributed by atoms with van der Waals surface area (Å²) in [6, 6.07) is 5.54. The molecule has 0 spiro atoms. The van der Waals surface area contributed by atoms with Crippen LogP contribution in [0.5, 0.6) is 0 Å².